The van der Waals surface area contributed by atoms with E-state index in [9.17, 15) is 4.79 Å². The highest BCUT2D eigenvalue weighted by Crippen LogP contribution is 2.12. The van der Waals surface area contributed by atoms with Crippen LogP contribution in [0.25, 0.3) is 0 Å². The summed E-state index contributed by atoms with van der Waals surface area (Å²) in [7, 11) is 3.17. The first-order valence-electron chi connectivity index (χ1n) is 3.66. The van der Waals surface area contributed by atoms with Crippen molar-refractivity contribution in [2.75, 3.05) is 7.11 Å². The van der Waals surface area contributed by atoms with Crippen LogP contribution in [0.5, 0.6) is 0 Å². The zero-order valence-electron chi connectivity index (χ0n) is 7.71. The summed E-state index contributed by atoms with van der Waals surface area (Å²) in [4.78, 5) is 11.2. The van der Waals surface area contributed by atoms with Crippen molar-refractivity contribution in [3.63, 3.8) is 0 Å². The van der Waals surface area contributed by atoms with Gasteiger partial charge in [0, 0.05) is 12.7 Å². The number of carbonyl (C=O) groups excluding carboxylic acids is 1. The molecule has 1 rings (SSSR count). The van der Waals surface area contributed by atoms with Gasteiger partial charge in [-0.3, -0.25) is 4.68 Å². The SMILES string of the molecule is COC(=O)c1c(C)nn(C)c1C. The third-order valence-electron chi connectivity index (χ3n) is 1.90. The van der Waals surface area contributed by atoms with Gasteiger partial charge < -0.3 is 4.74 Å². The number of carbonyl (C=O) groups is 1. The van der Waals surface area contributed by atoms with E-state index >= 15 is 0 Å². The van der Waals surface area contributed by atoms with Crippen LogP contribution >= 0.6 is 0 Å². The topological polar surface area (TPSA) is 44.1 Å². The summed E-state index contributed by atoms with van der Waals surface area (Å²) in [5.74, 6) is -0.321. The van der Waals surface area contributed by atoms with E-state index in [0.29, 0.717) is 11.3 Å². The van der Waals surface area contributed by atoms with E-state index in [2.05, 4.69) is 9.84 Å². The van der Waals surface area contributed by atoms with E-state index in [0.717, 1.165) is 5.69 Å². The van der Waals surface area contributed by atoms with Crippen LogP contribution in [0.2, 0.25) is 0 Å². The highest BCUT2D eigenvalue weighted by molar-refractivity contribution is 5.91. The molecule has 0 aliphatic heterocycles. The number of hydrogen-bond donors (Lipinski definition) is 0. The lowest BCUT2D eigenvalue weighted by Gasteiger charge is -1.97. The quantitative estimate of drug-likeness (QED) is 0.583. The highest BCUT2D eigenvalue weighted by Gasteiger charge is 2.16. The molecule has 1 aromatic rings. The average Bonchev–Trinajstić information content (AvgIpc) is 2.26. The molecule has 4 nitrogen and oxygen atoms in total. The standard InChI is InChI=1S/C8H12N2O2/c1-5-7(8(11)12-4)6(2)10(3)9-5/h1-4H3. The number of hydrogen-bond acceptors (Lipinski definition) is 3. The smallest absolute Gasteiger partial charge is 0.341 e. The average molecular weight is 168 g/mol. The van der Waals surface area contributed by atoms with Crippen LogP contribution in [0.4, 0.5) is 0 Å². The molecule has 0 aliphatic rings. The fourth-order valence-corrected chi connectivity index (χ4v) is 1.17. The molecule has 1 aromatic heterocycles. The number of nitrogens with zero attached hydrogens (tertiary/aromatic N) is 2. The number of aryl methyl sites for hydroxylation is 2. The fourth-order valence-electron chi connectivity index (χ4n) is 1.17. The van der Waals surface area contributed by atoms with E-state index in [4.69, 9.17) is 0 Å². The minimum Gasteiger partial charge on any atom is -0.465 e. The van der Waals surface area contributed by atoms with Crippen molar-refractivity contribution >= 4 is 5.97 Å². The summed E-state index contributed by atoms with van der Waals surface area (Å²) in [6, 6.07) is 0. The van der Waals surface area contributed by atoms with Crippen molar-refractivity contribution < 1.29 is 9.53 Å². The van der Waals surface area contributed by atoms with Gasteiger partial charge in [0.1, 0.15) is 5.56 Å². The van der Waals surface area contributed by atoms with Gasteiger partial charge in [-0.25, -0.2) is 4.79 Å². The molecule has 12 heavy (non-hydrogen) atoms. The van der Waals surface area contributed by atoms with Crippen LogP contribution in [0.1, 0.15) is 21.7 Å². The van der Waals surface area contributed by atoms with E-state index in [1.54, 1.807) is 18.7 Å². The van der Waals surface area contributed by atoms with E-state index in [-0.39, 0.29) is 5.97 Å². The van der Waals surface area contributed by atoms with Gasteiger partial charge >= 0.3 is 5.97 Å². The Hall–Kier alpha value is -1.32. The third kappa shape index (κ3) is 1.20. The van der Waals surface area contributed by atoms with Crippen molar-refractivity contribution in [1.82, 2.24) is 9.78 Å². The molecule has 0 aliphatic carbocycles. The molecule has 0 N–H and O–H groups in total. The summed E-state index contributed by atoms with van der Waals surface area (Å²) in [5.41, 5.74) is 2.11. The van der Waals surface area contributed by atoms with Gasteiger partial charge in [0.05, 0.1) is 12.8 Å². The first-order valence-corrected chi connectivity index (χ1v) is 3.66. The Morgan fingerprint density at radius 3 is 2.42 bits per heavy atom. The summed E-state index contributed by atoms with van der Waals surface area (Å²) in [6.45, 7) is 3.63. The summed E-state index contributed by atoms with van der Waals surface area (Å²) in [5, 5.41) is 4.10. The monoisotopic (exact) mass is 168 g/mol. The van der Waals surface area contributed by atoms with Crippen LogP contribution < -0.4 is 0 Å². The first kappa shape index (κ1) is 8.77. The summed E-state index contributed by atoms with van der Waals surface area (Å²) in [6.07, 6.45) is 0. The maximum absolute atomic E-state index is 11.2. The molecule has 0 saturated heterocycles. The molecule has 0 aromatic carbocycles. The van der Waals surface area contributed by atoms with Crippen LogP contribution in [0, 0.1) is 13.8 Å². The molecule has 0 atom stereocenters. The Bertz CT molecular complexity index is 315. The minimum atomic E-state index is -0.321. The molecular weight excluding hydrogens is 156 g/mol. The second-order valence-corrected chi connectivity index (χ2v) is 2.66. The zero-order valence-corrected chi connectivity index (χ0v) is 7.71. The van der Waals surface area contributed by atoms with Gasteiger partial charge in [0.2, 0.25) is 0 Å². The lowest BCUT2D eigenvalue weighted by Crippen LogP contribution is -2.04. The van der Waals surface area contributed by atoms with Gasteiger partial charge in [-0.1, -0.05) is 0 Å². The molecule has 1 heterocycles. The zero-order chi connectivity index (χ0) is 9.30. The molecule has 0 amide bonds. The molecular formula is C8H12N2O2. The molecule has 0 radical (unpaired) electrons. The molecule has 4 heteroatoms. The van der Waals surface area contributed by atoms with E-state index in [1.807, 2.05) is 6.92 Å². The van der Waals surface area contributed by atoms with Crippen LogP contribution in [-0.4, -0.2) is 22.9 Å². The Morgan fingerprint density at radius 2 is 2.08 bits per heavy atom. The second-order valence-electron chi connectivity index (χ2n) is 2.66. The molecule has 0 saturated carbocycles. The van der Waals surface area contributed by atoms with E-state index in [1.165, 1.54) is 7.11 Å². The third-order valence-corrected chi connectivity index (χ3v) is 1.90. The molecule has 0 bridgehead atoms. The number of methoxy groups -OCH3 is 1. The summed E-state index contributed by atoms with van der Waals surface area (Å²) >= 11 is 0. The largest absolute Gasteiger partial charge is 0.465 e. The van der Waals surface area contributed by atoms with Gasteiger partial charge in [-0.2, -0.15) is 5.10 Å². The predicted octanol–water partition coefficient (Wildman–Crippen LogP) is 0.824. The molecule has 0 unspecified atom stereocenters. The maximum Gasteiger partial charge on any atom is 0.341 e. The number of aromatic nitrogens is 2. The second kappa shape index (κ2) is 2.97. The van der Waals surface area contributed by atoms with Crippen molar-refractivity contribution in [3.05, 3.63) is 17.0 Å². The van der Waals surface area contributed by atoms with Crippen LogP contribution in [0.15, 0.2) is 0 Å². The Morgan fingerprint density at radius 1 is 1.50 bits per heavy atom. The van der Waals surface area contributed by atoms with Gasteiger partial charge in [0.15, 0.2) is 0 Å². The van der Waals surface area contributed by atoms with Gasteiger partial charge in [0.25, 0.3) is 0 Å². The van der Waals surface area contributed by atoms with Crippen LogP contribution in [0.3, 0.4) is 0 Å². The minimum absolute atomic E-state index is 0.321. The Balaban J connectivity index is 3.22. The normalized spacial score (nSPS) is 10.0. The van der Waals surface area contributed by atoms with Crippen molar-refractivity contribution in [2.24, 2.45) is 7.05 Å². The Kier molecular flexibility index (Phi) is 2.17. The Labute approximate surface area is 71.1 Å². The van der Waals surface area contributed by atoms with E-state index < -0.39 is 0 Å². The number of rotatable bonds is 1. The lowest BCUT2D eigenvalue weighted by molar-refractivity contribution is 0.0599. The molecule has 0 fully saturated rings. The molecule has 0 spiro atoms. The van der Waals surface area contributed by atoms with Crippen molar-refractivity contribution in [3.8, 4) is 0 Å². The number of esters is 1. The van der Waals surface area contributed by atoms with Gasteiger partial charge in [-0.15, -0.1) is 0 Å². The van der Waals surface area contributed by atoms with Crippen molar-refractivity contribution in [2.45, 2.75) is 13.8 Å². The summed E-state index contributed by atoms with van der Waals surface area (Å²) < 4.78 is 6.29. The lowest BCUT2D eigenvalue weighted by atomic mass is 10.2. The molecule has 66 valence electrons. The van der Waals surface area contributed by atoms with Gasteiger partial charge in [-0.05, 0) is 13.8 Å². The predicted molar refractivity (Wildman–Crippen MR) is 44.0 cm³/mol. The first-order chi connectivity index (χ1) is 5.57. The highest BCUT2D eigenvalue weighted by atomic mass is 16.5. The van der Waals surface area contributed by atoms with Crippen LogP contribution in [-0.2, 0) is 11.8 Å². The fraction of sp³-hybridized carbons (Fsp3) is 0.500. The van der Waals surface area contributed by atoms with Crippen molar-refractivity contribution in [1.29, 1.82) is 0 Å². The maximum atomic E-state index is 11.2. The number of ether oxygens (including phenoxy) is 1.